The van der Waals surface area contributed by atoms with Gasteiger partial charge in [0.1, 0.15) is 12.1 Å². The minimum atomic E-state index is -0.562. The highest BCUT2D eigenvalue weighted by atomic mass is 19.1. The Morgan fingerprint density at radius 2 is 2.29 bits per heavy atom. The van der Waals surface area contributed by atoms with Crippen molar-refractivity contribution in [1.29, 1.82) is 0 Å². The predicted molar refractivity (Wildman–Crippen MR) is 48.6 cm³/mol. The Morgan fingerprint density at radius 1 is 1.50 bits per heavy atom. The lowest BCUT2D eigenvalue weighted by molar-refractivity contribution is 0.617. The van der Waals surface area contributed by atoms with E-state index in [1.54, 1.807) is 0 Å². The van der Waals surface area contributed by atoms with E-state index in [2.05, 4.69) is 10.2 Å². The van der Waals surface area contributed by atoms with Crippen molar-refractivity contribution in [3.63, 3.8) is 0 Å². The highest BCUT2D eigenvalue weighted by Gasteiger charge is 2.06. The summed E-state index contributed by atoms with van der Waals surface area (Å²) in [5.41, 5.74) is 5.31. The number of nitrogens with one attached hydrogen (secondary N) is 1. The van der Waals surface area contributed by atoms with Crippen LogP contribution >= 0.6 is 0 Å². The van der Waals surface area contributed by atoms with Gasteiger partial charge in [0.15, 0.2) is 0 Å². The lowest BCUT2D eigenvalue weighted by atomic mass is 10.2. The molecule has 0 bridgehead atoms. The largest absolute Gasteiger partial charge is 0.399 e. The van der Waals surface area contributed by atoms with E-state index in [0.29, 0.717) is 5.69 Å². The molecule has 2 aromatic rings. The summed E-state index contributed by atoms with van der Waals surface area (Å²) in [4.78, 5) is 11.1. The van der Waals surface area contributed by atoms with Crippen LogP contribution in [0.3, 0.4) is 0 Å². The van der Waals surface area contributed by atoms with Gasteiger partial charge in [-0.2, -0.15) is 5.10 Å². The summed E-state index contributed by atoms with van der Waals surface area (Å²) in [5.74, 6) is -0.562. The number of nitrogens with two attached hydrogens (primary N) is 1. The normalized spacial score (nSPS) is 10.4. The molecule has 1 aromatic heterocycles. The fourth-order valence-corrected chi connectivity index (χ4v) is 1.14. The Labute approximate surface area is 78.0 Å². The Morgan fingerprint density at radius 3 is 2.86 bits per heavy atom. The average molecular weight is 194 g/mol. The minimum absolute atomic E-state index is 0.123. The summed E-state index contributed by atoms with van der Waals surface area (Å²) in [6.45, 7) is 0. The first kappa shape index (κ1) is 8.49. The van der Waals surface area contributed by atoms with Crippen LogP contribution in [0.15, 0.2) is 29.3 Å². The molecule has 0 amide bonds. The fraction of sp³-hybridized carbons (Fsp3) is 0. The number of nitrogen functional groups attached to an aromatic ring is 1. The van der Waals surface area contributed by atoms with Crippen molar-refractivity contribution in [2.45, 2.75) is 0 Å². The van der Waals surface area contributed by atoms with Crippen molar-refractivity contribution < 1.29 is 4.39 Å². The highest BCUT2D eigenvalue weighted by Crippen LogP contribution is 2.13. The van der Waals surface area contributed by atoms with Crippen LogP contribution in [0.25, 0.3) is 5.69 Å². The number of hydrogen-bond donors (Lipinski definition) is 2. The van der Waals surface area contributed by atoms with Gasteiger partial charge in [-0.25, -0.2) is 18.9 Å². The molecule has 0 aliphatic rings. The Hall–Kier alpha value is -2.11. The van der Waals surface area contributed by atoms with E-state index in [9.17, 15) is 9.18 Å². The number of nitrogens with zero attached hydrogens (tertiary/aromatic N) is 2. The first-order valence-electron chi connectivity index (χ1n) is 3.86. The summed E-state index contributed by atoms with van der Waals surface area (Å²) in [6.07, 6.45) is 1.21. The molecule has 2 rings (SSSR count). The second-order valence-electron chi connectivity index (χ2n) is 2.74. The van der Waals surface area contributed by atoms with E-state index >= 15 is 0 Å². The van der Waals surface area contributed by atoms with Crippen LogP contribution in [-0.2, 0) is 0 Å². The van der Waals surface area contributed by atoms with Gasteiger partial charge in [0.2, 0.25) is 0 Å². The third kappa shape index (κ3) is 1.26. The topological polar surface area (TPSA) is 76.7 Å². The Balaban J connectivity index is 2.63. The molecule has 0 unspecified atom stereocenters. The molecule has 0 aliphatic heterocycles. The third-order valence-corrected chi connectivity index (χ3v) is 1.78. The standard InChI is InChI=1S/C8H7FN4O/c9-6-3-5(10)1-2-7(6)13-4-11-12-8(13)14/h1-4H,10H2,(H,12,14). The summed E-state index contributed by atoms with van der Waals surface area (Å²) >= 11 is 0. The smallest absolute Gasteiger partial charge is 0.347 e. The average Bonchev–Trinajstić information content (AvgIpc) is 2.52. The van der Waals surface area contributed by atoms with Crippen LogP contribution in [0.5, 0.6) is 0 Å². The SMILES string of the molecule is Nc1ccc(-n2cn[nH]c2=O)c(F)c1. The van der Waals surface area contributed by atoms with Crippen LogP contribution in [0, 0.1) is 5.82 Å². The van der Waals surface area contributed by atoms with Gasteiger partial charge in [-0.05, 0) is 18.2 Å². The van der Waals surface area contributed by atoms with Crippen molar-refractivity contribution in [1.82, 2.24) is 14.8 Å². The van der Waals surface area contributed by atoms with E-state index in [0.717, 1.165) is 10.6 Å². The fourth-order valence-electron chi connectivity index (χ4n) is 1.14. The molecule has 0 atom stereocenters. The summed E-state index contributed by atoms with van der Waals surface area (Å²) in [7, 11) is 0. The predicted octanol–water partition coefficient (Wildman–Crippen LogP) is 0.282. The highest BCUT2D eigenvalue weighted by molar-refractivity contribution is 5.46. The number of H-pyrrole nitrogens is 1. The first-order chi connectivity index (χ1) is 6.68. The van der Waals surface area contributed by atoms with Crippen molar-refractivity contribution in [2.24, 2.45) is 0 Å². The molecule has 0 saturated carbocycles. The molecule has 3 N–H and O–H groups in total. The quantitative estimate of drug-likeness (QED) is 0.640. The number of aromatic amines is 1. The zero-order chi connectivity index (χ0) is 10.1. The summed E-state index contributed by atoms with van der Waals surface area (Å²) < 4.78 is 14.4. The van der Waals surface area contributed by atoms with Crippen molar-refractivity contribution >= 4 is 5.69 Å². The Kier molecular flexibility index (Phi) is 1.81. The van der Waals surface area contributed by atoms with Gasteiger partial charge in [0.05, 0.1) is 5.69 Å². The van der Waals surface area contributed by atoms with Gasteiger partial charge < -0.3 is 5.73 Å². The van der Waals surface area contributed by atoms with E-state index in [1.165, 1.54) is 18.5 Å². The molecule has 5 nitrogen and oxygen atoms in total. The molecule has 0 spiro atoms. The maximum atomic E-state index is 13.3. The number of hydrogen-bond acceptors (Lipinski definition) is 3. The molecular formula is C8H7FN4O. The molecule has 1 heterocycles. The number of benzene rings is 1. The van der Waals surface area contributed by atoms with Crippen molar-refractivity contribution in [3.05, 3.63) is 40.8 Å². The lowest BCUT2D eigenvalue weighted by Gasteiger charge is -2.02. The van der Waals surface area contributed by atoms with E-state index in [1.807, 2.05) is 0 Å². The van der Waals surface area contributed by atoms with Crippen molar-refractivity contribution in [2.75, 3.05) is 5.73 Å². The summed E-state index contributed by atoms with van der Waals surface area (Å²) in [6, 6.07) is 4.08. The second-order valence-corrected chi connectivity index (χ2v) is 2.74. The minimum Gasteiger partial charge on any atom is -0.399 e. The van der Waals surface area contributed by atoms with Crippen molar-refractivity contribution in [3.8, 4) is 5.69 Å². The number of halogens is 1. The lowest BCUT2D eigenvalue weighted by Crippen LogP contribution is -2.15. The van der Waals surface area contributed by atoms with Gasteiger partial charge in [-0.1, -0.05) is 0 Å². The molecular weight excluding hydrogens is 187 g/mol. The molecule has 72 valence electrons. The molecule has 1 aromatic carbocycles. The number of rotatable bonds is 1. The maximum absolute atomic E-state index is 13.3. The Bertz CT molecular complexity index is 516. The third-order valence-electron chi connectivity index (χ3n) is 1.78. The number of anilines is 1. The van der Waals surface area contributed by atoms with E-state index < -0.39 is 11.5 Å². The van der Waals surface area contributed by atoms with Gasteiger partial charge in [-0.3, -0.25) is 0 Å². The van der Waals surface area contributed by atoms with Gasteiger partial charge in [0, 0.05) is 5.69 Å². The number of aromatic nitrogens is 3. The maximum Gasteiger partial charge on any atom is 0.347 e. The van der Waals surface area contributed by atoms with Crippen LogP contribution in [0.4, 0.5) is 10.1 Å². The monoisotopic (exact) mass is 194 g/mol. The van der Waals surface area contributed by atoms with Crippen LogP contribution in [0.1, 0.15) is 0 Å². The van der Waals surface area contributed by atoms with E-state index in [4.69, 9.17) is 5.73 Å². The molecule has 0 fully saturated rings. The second kappa shape index (κ2) is 2.99. The van der Waals surface area contributed by atoms with Crippen LogP contribution in [0.2, 0.25) is 0 Å². The van der Waals surface area contributed by atoms with Crippen LogP contribution < -0.4 is 11.4 Å². The van der Waals surface area contributed by atoms with E-state index in [-0.39, 0.29) is 5.69 Å². The molecule has 0 radical (unpaired) electrons. The van der Waals surface area contributed by atoms with Gasteiger partial charge in [-0.15, -0.1) is 0 Å². The zero-order valence-electron chi connectivity index (χ0n) is 7.07. The zero-order valence-corrected chi connectivity index (χ0v) is 7.07. The van der Waals surface area contributed by atoms with Gasteiger partial charge >= 0.3 is 5.69 Å². The van der Waals surface area contributed by atoms with Crippen LogP contribution in [-0.4, -0.2) is 14.8 Å². The molecule has 6 heteroatoms. The first-order valence-corrected chi connectivity index (χ1v) is 3.86. The molecule has 0 saturated heterocycles. The molecule has 14 heavy (non-hydrogen) atoms. The van der Waals surface area contributed by atoms with Gasteiger partial charge in [0.25, 0.3) is 0 Å². The molecule has 0 aliphatic carbocycles. The summed E-state index contributed by atoms with van der Waals surface area (Å²) in [5, 5.41) is 5.66.